The second-order valence-corrected chi connectivity index (χ2v) is 10.9. The Morgan fingerprint density at radius 1 is 1.05 bits per heavy atom. The number of para-hydroxylation sites is 1. The van der Waals surface area contributed by atoms with Crippen LogP contribution < -0.4 is 10.1 Å². The quantitative estimate of drug-likeness (QED) is 0.194. The van der Waals surface area contributed by atoms with Gasteiger partial charge in [-0.05, 0) is 48.9 Å². The molecule has 192 valence electrons. The topological polar surface area (TPSA) is 81.9 Å². The van der Waals surface area contributed by atoms with E-state index in [2.05, 4.69) is 20.5 Å². The summed E-state index contributed by atoms with van der Waals surface area (Å²) in [6, 6.07) is 25.4. The molecule has 2 aromatic heterocycles. The minimum absolute atomic E-state index is 0.160. The number of thiazole rings is 1. The maximum Gasteiger partial charge on any atom is 0.236 e. The summed E-state index contributed by atoms with van der Waals surface area (Å²) >= 11 is 8.84. The fourth-order valence-corrected chi connectivity index (χ4v) is 5.53. The summed E-state index contributed by atoms with van der Waals surface area (Å²) < 4.78 is 7.87. The number of ether oxygens (including phenoxy) is 1. The van der Waals surface area contributed by atoms with Gasteiger partial charge < -0.3 is 10.1 Å². The van der Waals surface area contributed by atoms with E-state index < -0.39 is 0 Å². The van der Waals surface area contributed by atoms with Crippen molar-refractivity contribution in [3.63, 3.8) is 0 Å². The van der Waals surface area contributed by atoms with Crippen molar-refractivity contribution in [2.24, 2.45) is 0 Å². The first kappa shape index (κ1) is 26.0. The Bertz CT molecular complexity index is 1520. The van der Waals surface area contributed by atoms with Crippen LogP contribution in [0.15, 0.2) is 90.2 Å². The van der Waals surface area contributed by atoms with Gasteiger partial charge in [0.15, 0.2) is 16.1 Å². The third-order valence-corrected chi connectivity index (χ3v) is 7.58. The molecule has 3 aromatic carbocycles. The molecule has 7 nitrogen and oxygen atoms in total. The van der Waals surface area contributed by atoms with Gasteiger partial charge in [-0.2, -0.15) is 0 Å². The molecule has 0 aliphatic rings. The lowest BCUT2D eigenvalue weighted by Crippen LogP contribution is -2.14. The van der Waals surface area contributed by atoms with Crippen LogP contribution in [0.5, 0.6) is 5.75 Å². The summed E-state index contributed by atoms with van der Waals surface area (Å²) in [7, 11) is 0. The standard InChI is InChI=1S/C28H24ClN5O2S2/c1-19-10-12-23(13-11-19)36-17-25-32-33-28(34(25)22-8-3-2-4-9-22)37-18-26(35)31-27-30-16-24(38-27)15-20-6-5-7-21(29)14-20/h2-14,16H,15,17-18H2,1H3,(H,30,31,35). The van der Waals surface area contributed by atoms with Crippen LogP contribution in [0, 0.1) is 6.92 Å². The fraction of sp³-hybridized carbons (Fsp3) is 0.143. The van der Waals surface area contributed by atoms with Crippen molar-refractivity contribution < 1.29 is 9.53 Å². The highest BCUT2D eigenvalue weighted by atomic mass is 35.5. The van der Waals surface area contributed by atoms with Crippen LogP contribution in [-0.4, -0.2) is 31.4 Å². The van der Waals surface area contributed by atoms with Gasteiger partial charge in [-0.3, -0.25) is 9.36 Å². The number of aromatic nitrogens is 4. The normalized spacial score (nSPS) is 10.9. The average molecular weight is 562 g/mol. The minimum atomic E-state index is -0.168. The van der Waals surface area contributed by atoms with Gasteiger partial charge in [0, 0.05) is 28.2 Å². The molecule has 0 spiro atoms. The molecule has 0 aliphatic carbocycles. The summed E-state index contributed by atoms with van der Waals surface area (Å²) in [6.07, 6.45) is 2.48. The molecule has 0 unspecified atom stereocenters. The minimum Gasteiger partial charge on any atom is -0.486 e. The van der Waals surface area contributed by atoms with Crippen LogP contribution in [-0.2, 0) is 17.8 Å². The Labute approximate surface area is 233 Å². The van der Waals surface area contributed by atoms with Crippen molar-refractivity contribution in [3.05, 3.63) is 112 Å². The van der Waals surface area contributed by atoms with E-state index in [-0.39, 0.29) is 18.3 Å². The van der Waals surface area contributed by atoms with Crippen LogP contribution in [0.25, 0.3) is 5.69 Å². The Balaban J connectivity index is 1.23. The van der Waals surface area contributed by atoms with Crippen LogP contribution in [0.4, 0.5) is 5.13 Å². The van der Waals surface area contributed by atoms with Gasteiger partial charge in [0.05, 0.1) is 5.75 Å². The van der Waals surface area contributed by atoms with E-state index in [0.29, 0.717) is 27.6 Å². The van der Waals surface area contributed by atoms with Gasteiger partial charge in [0.1, 0.15) is 12.4 Å². The van der Waals surface area contributed by atoms with E-state index in [1.54, 1.807) is 6.20 Å². The zero-order valence-corrected chi connectivity index (χ0v) is 22.9. The highest BCUT2D eigenvalue weighted by Gasteiger charge is 2.17. The first-order chi connectivity index (χ1) is 18.5. The van der Waals surface area contributed by atoms with Gasteiger partial charge in [-0.25, -0.2) is 4.98 Å². The molecule has 0 saturated carbocycles. The molecule has 5 rings (SSSR count). The van der Waals surface area contributed by atoms with Crippen LogP contribution >= 0.6 is 34.7 Å². The van der Waals surface area contributed by atoms with Crippen LogP contribution in [0.1, 0.15) is 21.8 Å². The lowest BCUT2D eigenvalue weighted by atomic mass is 10.1. The van der Waals surface area contributed by atoms with E-state index in [4.69, 9.17) is 16.3 Å². The van der Waals surface area contributed by atoms with Crippen molar-refractivity contribution in [1.29, 1.82) is 0 Å². The Kier molecular flexibility index (Phi) is 8.37. The number of amides is 1. The lowest BCUT2D eigenvalue weighted by molar-refractivity contribution is -0.113. The molecule has 0 atom stereocenters. The zero-order chi connectivity index (χ0) is 26.3. The Morgan fingerprint density at radius 3 is 2.66 bits per heavy atom. The van der Waals surface area contributed by atoms with Crippen molar-refractivity contribution in [3.8, 4) is 11.4 Å². The molecule has 0 saturated heterocycles. The van der Waals surface area contributed by atoms with E-state index in [0.717, 1.165) is 27.4 Å². The first-order valence-electron chi connectivity index (χ1n) is 11.8. The number of nitrogens with zero attached hydrogens (tertiary/aromatic N) is 4. The van der Waals surface area contributed by atoms with Gasteiger partial charge in [-0.15, -0.1) is 21.5 Å². The van der Waals surface area contributed by atoms with Crippen molar-refractivity contribution in [1.82, 2.24) is 19.7 Å². The fourth-order valence-electron chi connectivity index (χ4n) is 3.69. The predicted octanol–water partition coefficient (Wildman–Crippen LogP) is 6.59. The third kappa shape index (κ3) is 6.80. The number of nitrogens with one attached hydrogen (secondary N) is 1. The maximum absolute atomic E-state index is 12.7. The number of hydrogen-bond acceptors (Lipinski definition) is 7. The smallest absolute Gasteiger partial charge is 0.236 e. The molecule has 10 heteroatoms. The van der Waals surface area contributed by atoms with Gasteiger partial charge in [-0.1, -0.05) is 71.4 Å². The summed E-state index contributed by atoms with van der Waals surface area (Å²) in [6.45, 7) is 2.27. The van der Waals surface area contributed by atoms with Crippen LogP contribution in [0.2, 0.25) is 5.02 Å². The van der Waals surface area contributed by atoms with Crippen molar-refractivity contribution >= 4 is 45.7 Å². The van der Waals surface area contributed by atoms with E-state index >= 15 is 0 Å². The molecule has 0 aliphatic heterocycles. The highest BCUT2D eigenvalue weighted by molar-refractivity contribution is 7.99. The van der Waals surface area contributed by atoms with E-state index in [9.17, 15) is 4.79 Å². The number of carbonyl (C=O) groups excluding carboxylic acids is 1. The summed E-state index contributed by atoms with van der Waals surface area (Å²) in [5.41, 5.74) is 3.15. The molecule has 1 amide bonds. The number of hydrogen-bond donors (Lipinski definition) is 1. The molecule has 0 radical (unpaired) electrons. The molecular weight excluding hydrogens is 538 g/mol. The number of aryl methyl sites for hydroxylation is 1. The average Bonchev–Trinajstić information content (AvgIpc) is 3.54. The van der Waals surface area contributed by atoms with Crippen LogP contribution in [0.3, 0.4) is 0 Å². The number of anilines is 1. The third-order valence-electron chi connectivity index (χ3n) is 5.50. The maximum atomic E-state index is 12.7. The highest BCUT2D eigenvalue weighted by Crippen LogP contribution is 2.25. The number of benzene rings is 3. The molecule has 5 aromatic rings. The lowest BCUT2D eigenvalue weighted by Gasteiger charge is -2.11. The van der Waals surface area contributed by atoms with Gasteiger partial charge in [0.2, 0.25) is 5.91 Å². The second kappa shape index (κ2) is 12.3. The van der Waals surface area contributed by atoms with E-state index in [1.165, 1.54) is 23.1 Å². The molecule has 38 heavy (non-hydrogen) atoms. The van der Waals surface area contributed by atoms with Crippen molar-refractivity contribution in [2.75, 3.05) is 11.1 Å². The number of thioether (sulfide) groups is 1. The Hall–Kier alpha value is -3.66. The Morgan fingerprint density at radius 2 is 1.87 bits per heavy atom. The van der Waals surface area contributed by atoms with Gasteiger partial charge in [0.25, 0.3) is 0 Å². The molecule has 0 bridgehead atoms. The monoisotopic (exact) mass is 561 g/mol. The van der Waals surface area contributed by atoms with E-state index in [1.807, 2.05) is 90.4 Å². The molecular formula is C28H24ClN5O2S2. The number of halogens is 1. The summed E-state index contributed by atoms with van der Waals surface area (Å²) in [4.78, 5) is 18.1. The zero-order valence-electron chi connectivity index (χ0n) is 20.5. The second-order valence-electron chi connectivity index (χ2n) is 8.45. The first-order valence-corrected chi connectivity index (χ1v) is 14.0. The summed E-state index contributed by atoms with van der Waals surface area (Å²) in [5, 5.41) is 13.5. The number of rotatable bonds is 10. The van der Waals surface area contributed by atoms with Gasteiger partial charge >= 0.3 is 0 Å². The SMILES string of the molecule is Cc1ccc(OCc2nnc(SCC(=O)Nc3ncc(Cc4cccc(Cl)c4)s3)n2-c2ccccc2)cc1. The predicted molar refractivity (Wildman–Crippen MR) is 153 cm³/mol. The molecule has 1 N–H and O–H groups in total. The largest absolute Gasteiger partial charge is 0.486 e. The summed E-state index contributed by atoms with van der Waals surface area (Å²) in [5.74, 6) is 1.39. The molecule has 0 fully saturated rings. The van der Waals surface area contributed by atoms with Crippen molar-refractivity contribution in [2.45, 2.75) is 25.1 Å². The number of carbonyl (C=O) groups is 1. The molecule has 2 heterocycles.